The molecule has 100 valence electrons. The SMILES string of the molecule is CC(C)(C)C(O)CSC(=S)Nc1ccc(Cl)cn1. The molecule has 0 aromatic carbocycles. The topological polar surface area (TPSA) is 45.1 Å². The summed E-state index contributed by atoms with van der Waals surface area (Å²) in [6.45, 7) is 5.99. The minimum Gasteiger partial charge on any atom is -0.392 e. The van der Waals surface area contributed by atoms with Crippen molar-refractivity contribution in [1.82, 2.24) is 4.98 Å². The molecule has 0 aliphatic heterocycles. The van der Waals surface area contributed by atoms with Gasteiger partial charge in [0.05, 0.1) is 11.1 Å². The van der Waals surface area contributed by atoms with Crippen molar-refractivity contribution in [2.24, 2.45) is 5.41 Å². The molecule has 0 aliphatic rings. The van der Waals surface area contributed by atoms with Gasteiger partial charge in [-0.1, -0.05) is 56.4 Å². The number of halogens is 1. The van der Waals surface area contributed by atoms with Gasteiger partial charge in [-0.15, -0.1) is 0 Å². The van der Waals surface area contributed by atoms with Crippen molar-refractivity contribution in [3.05, 3.63) is 23.4 Å². The maximum atomic E-state index is 9.90. The normalized spacial score (nSPS) is 13.2. The first-order valence-electron chi connectivity index (χ1n) is 5.52. The predicted molar refractivity (Wildman–Crippen MR) is 83.4 cm³/mol. The molecule has 6 heteroatoms. The summed E-state index contributed by atoms with van der Waals surface area (Å²) in [7, 11) is 0. The van der Waals surface area contributed by atoms with Crippen LogP contribution in [-0.2, 0) is 0 Å². The fourth-order valence-corrected chi connectivity index (χ4v) is 2.40. The maximum Gasteiger partial charge on any atom is 0.139 e. The molecule has 0 saturated heterocycles. The van der Waals surface area contributed by atoms with E-state index >= 15 is 0 Å². The van der Waals surface area contributed by atoms with Gasteiger partial charge in [-0.2, -0.15) is 0 Å². The number of aliphatic hydroxyl groups is 1. The van der Waals surface area contributed by atoms with Crippen LogP contribution in [0.4, 0.5) is 5.82 Å². The predicted octanol–water partition coefficient (Wildman–Crippen LogP) is 3.57. The van der Waals surface area contributed by atoms with Crippen LogP contribution in [0.15, 0.2) is 18.3 Å². The van der Waals surface area contributed by atoms with E-state index in [-0.39, 0.29) is 5.41 Å². The third kappa shape index (κ3) is 5.52. The Bertz CT molecular complexity index is 404. The first-order valence-corrected chi connectivity index (χ1v) is 7.29. The Kier molecular flexibility index (Phi) is 5.85. The van der Waals surface area contributed by atoms with E-state index in [0.29, 0.717) is 20.9 Å². The van der Waals surface area contributed by atoms with Crippen molar-refractivity contribution in [2.75, 3.05) is 11.1 Å². The van der Waals surface area contributed by atoms with Crippen LogP contribution in [0.5, 0.6) is 0 Å². The Balaban J connectivity index is 2.41. The third-order valence-electron chi connectivity index (χ3n) is 2.33. The van der Waals surface area contributed by atoms with E-state index in [2.05, 4.69) is 10.3 Å². The Morgan fingerprint density at radius 2 is 2.22 bits per heavy atom. The van der Waals surface area contributed by atoms with Gasteiger partial charge in [0.1, 0.15) is 10.1 Å². The largest absolute Gasteiger partial charge is 0.392 e. The lowest BCUT2D eigenvalue weighted by atomic mass is 9.90. The van der Waals surface area contributed by atoms with E-state index in [1.807, 2.05) is 20.8 Å². The van der Waals surface area contributed by atoms with Gasteiger partial charge in [-0.3, -0.25) is 0 Å². The van der Waals surface area contributed by atoms with Gasteiger partial charge in [0.2, 0.25) is 0 Å². The monoisotopic (exact) mass is 304 g/mol. The average Bonchev–Trinajstić information content (AvgIpc) is 2.28. The van der Waals surface area contributed by atoms with Gasteiger partial charge in [-0.25, -0.2) is 4.98 Å². The zero-order chi connectivity index (χ0) is 13.8. The van der Waals surface area contributed by atoms with Crippen LogP contribution in [0.2, 0.25) is 5.02 Å². The third-order valence-corrected chi connectivity index (χ3v) is 3.86. The number of nitrogens with one attached hydrogen (secondary N) is 1. The molecule has 1 unspecified atom stereocenters. The van der Waals surface area contributed by atoms with Gasteiger partial charge in [-0.05, 0) is 17.5 Å². The van der Waals surface area contributed by atoms with E-state index in [9.17, 15) is 5.11 Å². The second-order valence-corrected chi connectivity index (χ2v) is 7.10. The molecular formula is C12H17ClN2OS2. The molecule has 0 aliphatic carbocycles. The Labute approximate surface area is 122 Å². The molecule has 0 amide bonds. The number of aromatic nitrogens is 1. The zero-order valence-electron chi connectivity index (χ0n) is 10.6. The molecule has 0 fully saturated rings. The number of thiocarbonyl (C=S) groups is 1. The number of nitrogens with zero attached hydrogens (tertiary/aromatic N) is 1. The molecule has 0 saturated carbocycles. The summed E-state index contributed by atoms with van der Waals surface area (Å²) < 4.78 is 0.591. The first-order chi connectivity index (χ1) is 8.29. The summed E-state index contributed by atoms with van der Waals surface area (Å²) >= 11 is 12.3. The van der Waals surface area contributed by atoms with E-state index in [1.165, 1.54) is 11.8 Å². The molecule has 0 radical (unpaired) electrons. The smallest absolute Gasteiger partial charge is 0.139 e. The number of aliphatic hydroxyl groups excluding tert-OH is 1. The lowest BCUT2D eigenvalue weighted by Gasteiger charge is -2.25. The van der Waals surface area contributed by atoms with Crippen LogP contribution in [0, 0.1) is 5.41 Å². The van der Waals surface area contributed by atoms with Crippen molar-refractivity contribution in [3.8, 4) is 0 Å². The number of rotatable bonds is 3. The van der Waals surface area contributed by atoms with Crippen LogP contribution >= 0.6 is 35.6 Å². The molecule has 18 heavy (non-hydrogen) atoms. The van der Waals surface area contributed by atoms with Crippen LogP contribution in [0.25, 0.3) is 0 Å². The molecule has 2 N–H and O–H groups in total. The second-order valence-electron chi connectivity index (χ2n) is 4.97. The fraction of sp³-hybridized carbons (Fsp3) is 0.500. The number of thioether (sulfide) groups is 1. The molecule has 0 bridgehead atoms. The molecule has 1 aromatic rings. The molecule has 0 spiro atoms. The highest BCUT2D eigenvalue weighted by Crippen LogP contribution is 2.23. The second kappa shape index (κ2) is 6.70. The van der Waals surface area contributed by atoms with Gasteiger partial charge >= 0.3 is 0 Å². The Morgan fingerprint density at radius 3 is 2.72 bits per heavy atom. The van der Waals surface area contributed by atoms with Gasteiger partial charge in [0, 0.05) is 11.9 Å². The highest BCUT2D eigenvalue weighted by Gasteiger charge is 2.22. The minimum absolute atomic E-state index is 0.138. The van der Waals surface area contributed by atoms with Crippen LogP contribution < -0.4 is 5.32 Å². The van der Waals surface area contributed by atoms with Crippen molar-refractivity contribution in [1.29, 1.82) is 0 Å². The van der Waals surface area contributed by atoms with Gasteiger partial charge < -0.3 is 10.4 Å². The molecular weight excluding hydrogens is 288 g/mol. The number of pyridine rings is 1. The van der Waals surface area contributed by atoms with Gasteiger partial charge in [0.15, 0.2) is 0 Å². The molecule has 1 rings (SSSR count). The fourth-order valence-electron chi connectivity index (χ4n) is 0.995. The quantitative estimate of drug-likeness (QED) is 0.836. The van der Waals surface area contributed by atoms with Crippen molar-refractivity contribution in [3.63, 3.8) is 0 Å². The summed E-state index contributed by atoms with van der Waals surface area (Å²) in [5, 5.41) is 13.5. The van der Waals surface area contributed by atoms with E-state index in [0.717, 1.165) is 0 Å². The average molecular weight is 305 g/mol. The summed E-state index contributed by atoms with van der Waals surface area (Å²) in [5.41, 5.74) is -0.138. The Hall–Kier alpha value is -0.360. The lowest BCUT2D eigenvalue weighted by Crippen LogP contribution is -2.29. The lowest BCUT2D eigenvalue weighted by molar-refractivity contribution is 0.0844. The highest BCUT2D eigenvalue weighted by atomic mass is 35.5. The summed E-state index contributed by atoms with van der Waals surface area (Å²) in [6, 6.07) is 3.50. The van der Waals surface area contributed by atoms with Crippen molar-refractivity contribution >= 4 is 45.7 Å². The van der Waals surface area contributed by atoms with Crippen LogP contribution in [0.1, 0.15) is 20.8 Å². The minimum atomic E-state index is -0.402. The number of anilines is 1. The maximum absolute atomic E-state index is 9.90. The summed E-state index contributed by atoms with van der Waals surface area (Å²) in [4.78, 5) is 4.09. The van der Waals surface area contributed by atoms with Crippen molar-refractivity contribution < 1.29 is 5.11 Å². The molecule has 1 heterocycles. The summed E-state index contributed by atoms with van der Waals surface area (Å²) in [6.07, 6.45) is 1.15. The highest BCUT2D eigenvalue weighted by molar-refractivity contribution is 8.23. The van der Waals surface area contributed by atoms with E-state index in [4.69, 9.17) is 23.8 Å². The number of hydrogen-bond donors (Lipinski definition) is 2. The van der Waals surface area contributed by atoms with Gasteiger partial charge in [0.25, 0.3) is 0 Å². The standard InChI is InChI=1S/C12H17ClN2OS2/c1-12(2,3)9(16)7-18-11(17)15-10-5-4-8(13)6-14-10/h4-6,9,16H,7H2,1-3H3,(H,14,15,17). The first kappa shape index (κ1) is 15.7. The summed E-state index contributed by atoms with van der Waals surface area (Å²) in [5.74, 6) is 1.21. The Morgan fingerprint density at radius 1 is 1.56 bits per heavy atom. The van der Waals surface area contributed by atoms with Crippen molar-refractivity contribution in [2.45, 2.75) is 26.9 Å². The molecule has 1 aromatic heterocycles. The zero-order valence-corrected chi connectivity index (χ0v) is 13.0. The van der Waals surface area contributed by atoms with Crippen LogP contribution in [-0.4, -0.2) is 26.3 Å². The molecule has 3 nitrogen and oxygen atoms in total. The van der Waals surface area contributed by atoms with Crippen LogP contribution in [0.3, 0.4) is 0 Å². The molecule has 1 atom stereocenters. The number of hydrogen-bond acceptors (Lipinski definition) is 4. The van der Waals surface area contributed by atoms with E-state index in [1.54, 1.807) is 18.3 Å². The van der Waals surface area contributed by atoms with E-state index < -0.39 is 6.10 Å².